The fourth-order valence-corrected chi connectivity index (χ4v) is 18.5. The summed E-state index contributed by atoms with van der Waals surface area (Å²) in [5.41, 5.74) is 21.0. The molecule has 9 rings (SSSR count). The Labute approximate surface area is 385 Å². The van der Waals surface area contributed by atoms with E-state index in [1.165, 1.54) is 154 Å². The molecule has 4 aliphatic carbocycles. The molecule has 0 radical (unpaired) electrons. The van der Waals surface area contributed by atoms with Crippen LogP contribution in [0.1, 0.15) is 127 Å². The van der Waals surface area contributed by atoms with Gasteiger partial charge in [-0.1, -0.05) is 136 Å². The van der Waals surface area contributed by atoms with Crippen LogP contribution in [0.3, 0.4) is 0 Å². The van der Waals surface area contributed by atoms with Crippen molar-refractivity contribution in [3.05, 3.63) is 152 Å². The summed E-state index contributed by atoms with van der Waals surface area (Å²) in [6.07, 6.45) is 17.7. The number of anilines is 2. The van der Waals surface area contributed by atoms with Crippen molar-refractivity contribution in [3.8, 4) is 0 Å². The maximum atomic E-state index is 8.83. The predicted octanol–water partition coefficient (Wildman–Crippen LogP) is 15.5. The molecule has 2 nitrogen and oxygen atoms in total. The molecule has 4 aromatic rings. The van der Waals surface area contributed by atoms with Crippen LogP contribution < -0.4 is 9.80 Å². The molecule has 4 fully saturated rings. The van der Waals surface area contributed by atoms with Gasteiger partial charge in [-0.05, 0) is 159 Å². The fourth-order valence-electron chi connectivity index (χ4n) is 12.2. The number of hydrogen-bond acceptors (Lipinski definition) is 2. The van der Waals surface area contributed by atoms with Gasteiger partial charge in [-0.25, -0.2) is 0 Å². The predicted molar refractivity (Wildman–Crippen MR) is 258 cm³/mol. The molecule has 2 atom stereocenters. The summed E-state index contributed by atoms with van der Waals surface area (Å²) in [4.78, 5) is 5.30. The summed E-state index contributed by atoms with van der Waals surface area (Å²) < 4.78 is -0.486. The molecule has 0 N–H and O–H groups in total. The van der Waals surface area contributed by atoms with Crippen molar-refractivity contribution in [1.82, 2.24) is 0 Å². The number of halogens is 2. The number of allylic oxidation sites excluding steroid dienone is 4. The van der Waals surface area contributed by atoms with Gasteiger partial charge in [0.2, 0.25) is 0 Å². The van der Waals surface area contributed by atoms with Gasteiger partial charge in [0.25, 0.3) is 0 Å². The van der Waals surface area contributed by atoms with Gasteiger partial charge < -0.3 is 9.80 Å². The van der Waals surface area contributed by atoms with Crippen LogP contribution in [0.4, 0.5) is 11.4 Å². The third kappa shape index (κ3) is 7.95. The molecule has 3 saturated carbocycles. The number of nitrogens with zero attached hydrogens (tertiary/aromatic N) is 2. The Morgan fingerprint density at radius 2 is 1.08 bits per heavy atom. The van der Waals surface area contributed by atoms with Crippen molar-refractivity contribution in [3.63, 3.8) is 0 Å². The molecule has 0 spiro atoms. The van der Waals surface area contributed by atoms with Gasteiger partial charge in [0.05, 0.1) is 9.99 Å². The zero-order chi connectivity index (χ0) is 41.0. The largest absolute Gasteiger partial charge is 0.325 e. The number of benzene rings is 4. The van der Waals surface area contributed by atoms with Crippen LogP contribution in [-0.4, -0.2) is 34.4 Å². The van der Waals surface area contributed by atoms with Crippen LogP contribution in [0.15, 0.2) is 102 Å². The normalized spacial score (nSPS) is 23.9. The average Bonchev–Trinajstić information content (AvgIpc) is 3.80. The number of rotatable bonds is 6. The van der Waals surface area contributed by atoms with Crippen molar-refractivity contribution >= 4 is 53.6 Å². The monoisotopic (exact) mass is 942 g/mol. The SMILES string of the molecule is Cc1cc(C)c(N2CCN(c3c(C)cc(C)cc3C)C2=C2CCC(Cl)(P(C3CCCCC3)C3CCCCC3)C(=C3C=C(c4ccccc4)c4ccccc43)C2Cl)c(C)c1.[Ru]. The third-order valence-electron chi connectivity index (χ3n) is 14.4. The average molecular weight is 943 g/mol. The van der Waals surface area contributed by atoms with E-state index in [0.717, 1.165) is 25.9 Å². The standard InChI is InChI=1S/C54H63Cl2N2P.Ru/c1-35-30-37(3)51(38(4)31-35)57-28-29-58(52-39(5)32-36(2)33-40(52)6)53(57)46-26-27-54(56,59(42-20-12-8-13-21-42)43-22-14-9-15-23-43)49(50(46)55)48-34-47(41-18-10-7-11-19-41)44-24-16-17-25-45(44)48;/h7,10-11,16-19,24-25,30-34,42-43,50H,8-9,12-15,20-23,26-29H2,1-6H3;. The number of hydrogen-bond donors (Lipinski definition) is 0. The first-order valence-corrected chi connectivity index (χ1v) is 25.0. The van der Waals surface area contributed by atoms with E-state index >= 15 is 0 Å². The van der Waals surface area contributed by atoms with Crippen molar-refractivity contribution in [2.45, 2.75) is 140 Å². The summed E-state index contributed by atoms with van der Waals surface area (Å²) >= 11 is 17.3. The summed E-state index contributed by atoms with van der Waals surface area (Å²) in [5, 5.41) is -0.344. The van der Waals surface area contributed by atoms with E-state index in [-0.39, 0.29) is 24.9 Å². The first-order valence-electron chi connectivity index (χ1n) is 22.7. The van der Waals surface area contributed by atoms with Gasteiger partial charge in [0, 0.05) is 43.9 Å². The van der Waals surface area contributed by atoms with E-state index in [9.17, 15) is 0 Å². The molecule has 6 heteroatoms. The molecular weight excluding hydrogens is 880 g/mol. The van der Waals surface area contributed by atoms with Crippen molar-refractivity contribution < 1.29 is 19.5 Å². The second-order valence-corrected chi connectivity index (χ2v) is 22.9. The number of fused-ring (bicyclic) bond motifs is 1. The topological polar surface area (TPSA) is 6.48 Å². The van der Waals surface area contributed by atoms with Gasteiger partial charge in [-0.3, -0.25) is 0 Å². The Bertz CT molecular complexity index is 2200. The number of aryl methyl sites for hydroxylation is 6. The molecule has 4 aromatic carbocycles. The van der Waals surface area contributed by atoms with Crippen LogP contribution in [0.5, 0.6) is 0 Å². The van der Waals surface area contributed by atoms with Crippen LogP contribution in [0.25, 0.3) is 11.1 Å². The first-order chi connectivity index (χ1) is 28.5. The minimum atomic E-state index is -0.562. The van der Waals surface area contributed by atoms with E-state index in [1.54, 1.807) is 0 Å². The quantitative estimate of drug-likeness (QED) is 0.108. The summed E-state index contributed by atoms with van der Waals surface area (Å²) in [6.45, 7) is 15.5. The second kappa shape index (κ2) is 18.2. The summed E-state index contributed by atoms with van der Waals surface area (Å²) in [6, 6.07) is 29.5. The van der Waals surface area contributed by atoms with Gasteiger partial charge in [0.1, 0.15) is 5.82 Å². The molecule has 1 heterocycles. The Balaban J connectivity index is 0.00000499. The van der Waals surface area contributed by atoms with Gasteiger partial charge in [0.15, 0.2) is 0 Å². The third-order valence-corrected chi connectivity index (χ3v) is 19.7. The zero-order valence-corrected chi connectivity index (χ0v) is 40.8. The second-order valence-electron chi connectivity index (χ2n) is 18.6. The van der Waals surface area contributed by atoms with Crippen LogP contribution >= 0.6 is 31.1 Å². The van der Waals surface area contributed by atoms with Gasteiger partial charge in [-0.15, -0.1) is 23.2 Å². The van der Waals surface area contributed by atoms with E-state index < -0.39 is 12.5 Å². The zero-order valence-electron chi connectivity index (χ0n) is 36.7. The van der Waals surface area contributed by atoms with E-state index in [0.29, 0.717) is 11.3 Å². The maximum absolute atomic E-state index is 8.83. The minimum absolute atomic E-state index is 0. The van der Waals surface area contributed by atoms with E-state index in [1.807, 2.05) is 0 Å². The Morgan fingerprint density at radius 1 is 0.617 bits per heavy atom. The molecule has 1 saturated heterocycles. The molecule has 5 aliphatic rings. The Morgan fingerprint density at radius 3 is 1.58 bits per heavy atom. The smallest absolute Gasteiger partial charge is 0.114 e. The molecule has 1 aliphatic heterocycles. The van der Waals surface area contributed by atoms with E-state index in [4.69, 9.17) is 23.2 Å². The molecule has 316 valence electrons. The summed E-state index contributed by atoms with van der Waals surface area (Å²) in [7, 11) is -0.562. The van der Waals surface area contributed by atoms with Gasteiger partial charge >= 0.3 is 0 Å². The molecule has 60 heavy (non-hydrogen) atoms. The summed E-state index contributed by atoms with van der Waals surface area (Å²) in [5.74, 6) is 1.28. The van der Waals surface area contributed by atoms with Crippen molar-refractivity contribution in [2.24, 2.45) is 0 Å². The molecule has 0 amide bonds. The Hall–Kier alpha value is -2.67. The Kier molecular flexibility index (Phi) is 13.3. The van der Waals surface area contributed by atoms with Crippen LogP contribution in [0.2, 0.25) is 0 Å². The minimum Gasteiger partial charge on any atom is -0.325 e. The molecule has 2 unspecified atom stereocenters. The fraction of sp³-hybridized carbons (Fsp3) is 0.444. The van der Waals surface area contributed by atoms with Gasteiger partial charge in [-0.2, -0.15) is 0 Å². The van der Waals surface area contributed by atoms with E-state index in [2.05, 4.69) is 136 Å². The molecule has 0 aromatic heterocycles. The van der Waals surface area contributed by atoms with Crippen LogP contribution in [-0.2, 0) is 19.5 Å². The molecule has 0 bridgehead atoms. The van der Waals surface area contributed by atoms with Crippen molar-refractivity contribution in [2.75, 3.05) is 22.9 Å². The van der Waals surface area contributed by atoms with Crippen molar-refractivity contribution in [1.29, 1.82) is 0 Å². The maximum Gasteiger partial charge on any atom is 0.114 e. The molecular formula is C54H63Cl2N2PRu. The van der Waals surface area contributed by atoms with Crippen LogP contribution in [0, 0.1) is 41.5 Å². The number of alkyl halides is 2. The first kappa shape index (κ1) is 44.0.